The Morgan fingerprint density at radius 2 is 2.06 bits per heavy atom. The second-order valence-corrected chi connectivity index (χ2v) is 3.20. The largest absolute Gasteiger partial charge is 0.493 e. The van der Waals surface area contributed by atoms with Crippen LogP contribution in [-0.4, -0.2) is 19.6 Å². The number of carbonyl (C=O) groups excluding carboxylic acids is 1. The number of hydrogen-bond acceptors (Lipinski definition) is 3. The number of anilines is 1. The lowest BCUT2D eigenvalue weighted by molar-refractivity contribution is -0.115. The van der Waals surface area contributed by atoms with Crippen molar-refractivity contribution in [2.24, 2.45) is 0 Å². The van der Waals surface area contributed by atoms with E-state index in [0.717, 1.165) is 0 Å². The van der Waals surface area contributed by atoms with Crippen molar-refractivity contribution in [3.05, 3.63) is 18.2 Å². The summed E-state index contributed by atoms with van der Waals surface area (Å²) in [5, 5.41) is 2.76. The van der Waals surface area contributed by atoms with Gasteiger partial charge in [0.1, 0.15) is 0 Å². The van der Waals surface area contributed by atoms with E-state index >= 15 is 0 Å². The van der Waals surface area contributed by atoms with E-state index in [2.05, 4.69) is 5.32 Å². The van der Waals surface area contributed by atoms with Crippen LogP contribution in [0.15, 0.2) is 18.2 Å². The summed E-state index contributed by atoms with van der Waals surface area (Å²) in [5.74, 6) is 1.28. The molecule has 0 aliphatic heterocycles. The van der Waals surface area contributed by atoms with Crippen molar-refractivity contribution in [1.29, 1.82) is 0 Å². The monoisotopic (exact) mass is 223 g/mol. The summed E-state index contributed by atoms with van der Waals surface area (Å²) < 4.78 is 10.6. The van der Waals surface area contributed by atoms with Crippen molar-refractivity contribution in [3.63, 3.8) is 0 Å². The summed E-state index contributed by atoms with van der Waals surface area (Å²) >= 11 is 0. The van der Waals surface area contributed by atoms with Crippen LogP contribution in [0, 0.1) is 0 Å². The van der Waals surface area contributed by atoms with Crippen LogP contribution in [0.25, 0.3) is 0 Å². The standard InChI is InChI=1S/C12H17NO3/c1-4-12(14)13-9-6-7-10(16-5-2)11(8-9)15-3/h6-8H,4-5H2,1-3H3,(H,13,14). The Morgan fingerprint density at radius 1 is 1.31 bits per heavy atom. The average Bonchev–Trinajstić information content (AvgIpc) is 2.31. The molecule has 4 nitrogen and oxygen atoms in total. The number of ether oxygens (including phenoxy) is 2. The summed E-state index contributed by atoms with van der Waals surface area (Å²) in [6.45, 7) is 4.30. The van der Waals surface area contributed by atoms with E-state index in [1.807, 2.05) is 6.92 Å². The highest BCUT2D eigenvalue weighted by Crippen LogP contribution is 2.30. The molecular weight excluding hydrogens is 206 g/mol. The zero-order valence-corrected chi connectivity index (χ0v) is 9.87. The predicted octanol–water partition coefficient (Wildman–Crippen LogP) is 2.44. The fourth-order valence-corrected chi connectivity index (χ4v) is 1.27. The summed E-state index contributed by atoms with van der Waals surface area (Å²) in [6.07, 6.45) is 0.454. The average molecular weight is 223 g/mol. The summed E-state index contributed by atoms with van der Waals surface area (Å²) in [6, 6.07) is 5.33. The van der Waals surface area contributed by atoms with Crippen LogP contribution in [0.4, 0.5) is 5.69 Å². The van der Waals surface area contributed by atoms with Gasteiger partial charge in [0, 0.05) is 18.2 Å². The zero-order valence-electron chi connectivity index (χ0n) is 9.87. The molecule has 1 N–H and O–H groups in total. The Morgan fingerprint density at radius 3 is 2.62 bits per heavy atom. The van der Waals surface area contributed by atoms with Gasteiger partial charge in [0.2, 0.25) is 5.91 Å². The zero-order chi connectivity index (χ0) is 12.0. The third-order valence-corrected chi connectivity index (χ3v) is 2.07. The Kier molecular flexibility index (Phi) is 4.64. The molecule has 16 heavy (non-hydrogen) atoms. The van der Waals surface area contributed by atoms with Crippen molar-refractivity contribution in [1.82, 2.24) is 0 Å². The van der Waals surface area contributed by atoms with Crippen LogP contribution in [-0.2, 0) is 4.79 Å². The SMILES string of the molecule is CCOc1ccc(NC(=O)CC)cc1OC. The molecule has 0 fully saturated rings. The van der Waals surface area contributed by atoms with Crippen LogP contribution in [0.5, 0.6) is 11.5 Å². The maximum absolute atomic E-state index is 11.2. The molecule has 0 saturated heterocycles. The van der Waals surface area contributed by atoms with Gasteiger partial charge in [0.15, 0.2) is 11.5 Å². The molecule has 88 valence electrons. The van der Waals surface area contributed by atoms with Crippen molar-refractivity contribution >= 4 is 11.6 Å². The Hall–Kier alpha value is -1.71. The second-order valence-electron chi connectivity index (χ2n) is 3.20. The van der Waals surface area contributed by atoms with Gasteiger partial charge < -0.3 is 14.8 Å². The summed E-state index contributed by atoms with van der Waals surface area (Å²) in [4.78, 5) is 11.2. The minimum Gasteiger partial charge on any atom is -0.493 e. The number of methoxy groups -OCH3 is 1. The molecule has 0 heterocycles. The van der Waals surface area contributed by atoms with E-state index in [0.29, 0.717) is 30.2 Å². The fraction of sp³-hybridized carbons (Fsp3) is 0.417. The number of rotatable bonds is 5. The summed E-state index contributed by atoms with van der Waals surface area (Å²) in [7, 11) is 1.57. The van der Waals surface area contributed by atoms with E-state index < -0.39 is 0 Å². The van der Waals surface area contributed by atoms with Crippen molar-refractivity contribution < 1.29 is 14.3 Å². The molecule has 0 unspecified atom stereocenters. The van der Waals surface area contributed by atoms with Gasteiger partial charge in [-0.15, -0.1) is 0 Å². The van der Waals surface area contributed by atoms with Gasteiger partial charge in [-0.3, -0.25) is 4.79 Å². The Balaban J connectivity index is 2.86. The van der Waals surface area contributed by atoms with Gasteiger partial charge in [-0.1, -0.05) is 6.92 Å². The quantitative estimate of drug-likeness (QED) is 0.834. The third-order valence-electron chi connectivity index (χ3n) is 2.07. The van der Waals surface area contributed by atoms with Crippen LogP contribution < -0.4 is 14.8 Å². The fourth-order valence-electron chi connectivity index (χ4n) is 1.27. The van der Waals surface area contributed by atoms with E-state index in [4.69, 9.17) is 9.47 Å². The Bertz CT molecular complexity index is 363. The lowest BCUT2D eigenvalue weighted by Crippen LogP contribution is -2.09. The topological polar surface area (TPSA) is 47.6 Å². The predicted molar refractivity (Wildman–Crippen MR) is 63.1 cm³/mol. The smallest absolute Gasteiger partial charge is 0.224 e. The Labute approximate surface area is 95.6 Å². The van der Waals surface area contributed by atoms with Gasteiger partial charge in [0.25, 0.3) is 0 Å². The van der Waals surface area contributed by atoms with Crippen molar-refractivity contribution in [2.45, 2.75) is 20.3 Å². The molecule has 0 aromatic heterocycles. The van der Waals surface area contributed by atoms with Crippen LogP contribution >= 0.6 is 0 Å². The molecule has 0 atom stereocenters. The number of carbonyl (C=O) groups is 1. The number of amides is 1. The first-order valence-corrected chi connectivity index (χ1v) is 5.32. The van der Waals surface area contributed by atoms with Crippen LogP contribution in [0.1, 0.15) is 20.3 Å². The highest BCUT2D eigenvalue weighted by Gasteiger charge is 2.06. The minimum absolute atomic E-state index is 0.0220. The first kappa shape index (κ1) is 12.4. The normalized spacial score (nSPS) is 9.69. The molecule has 0 aliphatic carbocycles. The van der Waals surface area contributed by atoms with E-state index in [1.165, 1.54) is 0 Å². The molecule has 0 saturated carbocycles. The molecule has 1 amide bonds. The molecule has 0 radical (unpaired) electrons. The van der Waals surface area contributed by atoms with Gasteiger partial charge in [-0.05, 0) is 19.1 Å². The third kappa shape index (κ3) is 3.15. The van der Waals surface area contributed by atoms with Gasteiger partial charge in [0.05, 0.1) is 13.7 Å². The van der Waals surface area contributed by atoms with Crippen molar-refractivity contribution in [3.8, 4) is 11.5 Å². The number of hydrogen-bond donors (Lipinski definition) is 1. The molecule has 0 aliphatic rings. The highest BCUT2D eigenvalue weighted by molar-refractivity contribution is 5.90. The summed E-state index contributed by atoms with van der Waals surface area (Å²) in [5.41, 5.74) is 0.715. The second kappa shape index (κ2) is 6.00. The highest BCUT2D eigenvalue weighted by atomic mass is 16.5. The van der Waals surface area contributed by atoms with Crippen LogP contribution in [0.2, 0.25) is 0 Å². The molecule has 1 aromatic rings. The van der Waals surface area contributed by atoms with Gasteiger partial charge >= 0.3 is 0 Å². The molecule has 0 bridgehead atoms. The van der Waals surface area contributed by atoms with Crippen LogP contribution in [0.3, 0.4) is 0 Å². The molecule has 0 spiro atoms. The molecular formula is C12H17NO3. The number of nitrogens with one attached hydrogen (secondary N) is 1. The first-order chi connectivity index (χ1) is 7.71. The van der Waals surface area contributed by atoms with E-state index in [1.54, 1.807) is 32.2 Å². The first-order valence-electron chi connectivity index (χ1n) is 5.32. The van der Waals surface area contributed by atoms with Gasteiger partial charge in [-0.2, -0.15) is 0 Å². The number of benzene rings is 1. The lowest BCUT2D eigenvalue weighted by atomic mass is 10.2. The minimum atomic E-state index is -0.0220. The van der Waals surface area contributed by atoms with Gasteiger partial charge in [-0.25, -0.2) is 0 Å². The van der Waals surface area contributed by atoms with E-state index in [9.17, 15) is 4.79 Å². The lowest BCUT2D eigenvalue weighted by Gasteiger charge is -2.11. The van der Waals surface area contributed by atoms with E-state index in [-0.39, 0.29) is 5.91 Å². The maximum Gasteiger partial charge on any atom is 0.224 e. The molecule has 1 aromatic carbocycles. The maximum atomic E-state index is 11.2. The molecule has 1 rings (SSSR count). The molecule has 4 heteroatoms. The van der Waals surface area contributed by atoms with Crippen molar-refractivity contribution in [2.75, 3.05) is 19.0 Å².